The Kier molecular flexibility index (Phi) is 3.43. The molecule has 6 nitrogen and oxygen atoms in total. The second-order valence-corrected chi connectivity index (χ2v) is 3.82. The summed E-state index contributed by atoms with van der Waals surface area (Å²) in [4.78, 5) is 22.0. The van der Waals surface area contributed by atoms with Crippen LogP contribution in [-0.2, 0) is 9.59 Å². The molecule has 1 aromatic rings. The van der Waals surface area contributed by atoms with Crippen LogP contribution in [0.1, 0.15) is 0 Å². The van der Waals surface area contributed by atoms with Gasteiger partial charge in [-0.2, -0.15) is 13.2 Å². The van der Waals surface area contributed by atoms with E-state index in [1.165, 1.54) is 6.07 Å². The van der Waals surface area contributed by atoms with Crippen LogP contribution in [0, 0.1) is 0 Å². The number of fused-ring (bicyclic) bond motifs is 1. The number of anilines is 1. The van der Waals surface area contributed by atoms with E-state index in [0.717, 1.165) is 12.1 Å². The van der Waals surface area contributed by atoms with Gasteiger partial charge in [-0.1, -0.05) is 0 Å². The SMILES string of the molecule is O=C(O)CN(C(=O)C(F)(F)F)c1ccc2c(c1)OCO2. The molecule has 20 heavy (non-hydrogen) atoms. The van der Waals surface area contributed by atoms with Crippen LogP contribution >= 0.6 is 0 Å². The summed E-state index contributed by atoms with van der Waals surface area (Å²) in [6.07, 6.45) is -5.17. The molecule has 0 saturated carbocycles. The molecule has 0 aliphatic carbocycles. The summed E-state index contributed by atoms with van der Waals surface area (Å²) in [5, 5.41) is 8.64. The molecular weight excluding hydrogens is 283 g/mol. The van der Waals surface area contributed by atoms with Crippen molar-refractivity contribution in [2.45, 2.75) is 6.18 Å². The molecule has 1 aliphatic rings. The molecule has 1 amide bonds. The van der Waals surface area contributed by atoms with Gasteiger partial charge in [-0.05, 0) is 12.1 Å². The molecule has 0 atom stereocenters. The fraction of sp³-hybridized carbons (Fsp3) is 0.273. The molecule has 0 aromatic heterocycles. The van der Waals surface area contributed by atoms with Crippen molar-refractivity contribution < 1.29 is 37.3 Å². The number of hydrogen-bond acceptors (Lipinski definition) is 4. The van der Waals surface area contributed by atoms with E-state index in [2.05, 4.69) is 0 Å². The third kappa shape index (κ3) is 2.76. The summed E-state index contributed by atoms with van der Waals surface area (Å²) in [5.74, 6) is -3.38. The highest BCUT2D eigenvalue weighted by molar-refractivity contribution is 6.00. The van der Waals surface area contributed by atoms with Gasteiger partial charge >= 0.3 is 18.1 Å². The van der Waals surface area contributed by atoms with E-state index in [1.807, 2.05) is 0 Å². The number of halogens is 3. The molecule has 0 bridgehead atoms. The predicted octanol–water partition coefficient (Wildman–Crippen LogP) is 1.40. The Labute approximate surface area is 110 Å². The second kappa shape index (κ2) is 4.91. The highest BCUT2D eigenvalue weighted by Crippen LogP contribution is 2.36. The van der Waals surface area contributed by atoms with E-state index in [-0.39, 0.29) is 23.1 Å². The lowest BCUT2D eigenvalue weighted by Crippen LogP contribution is -2.44. The largest absolute Gasteiger partial charge is 0.480 e. The Balaban J connectivity index is 2.36. The van der Waals surface area contributed by atoms with Gasteiger partial charge in [-0.15, -0.1) is 0 Å². The number of aliphatic carboxylic acids is 1. The zero-order chi connectivity index (χ0) is 14.9. The van der Waals surface area contributed by atoms with Crippen molar-refractivity contribution in [3.8, 4) is 11.5 Å². The molecule has 1 heterocycles. The molecule has 2 rings (SSSR count). The predicted molar refractivity (Wildman–Crippen MR) is 58.6 cm³/mol. The van der Waals surface area contributed by atoms with Gasteiger partial charge in [0, 0.05) is 11.8 Å². The van der Waals surface area contributed by atoms with Crippen molar-refractivity contribution in [2.75, 3.05) is 18.2 Å². The summed E-state index contributed by atoms with van der Waals surface area (Å²) in [7, 11) is 0. The zero-order valence-corrected chi connectivity index (χ0v) is 9.81. The molecule has 108 valence electrons. The first-order valence-electron chi connectivity index (χ1n) is 5.29. The average Bonchev–Trinajstić information content (AvgIpc) is 2.80. The van der Waals surface area contributed by atoms with Crippen LogP contribution in [0.5, 0.6) is 11.5 Å². The molecule has 1 aromatic carbocycles. The van der Waals surface area contributed by atoms with Crippen LogP contribution in [0.3, 0.4) is 0 Å². The Morgan fingerprint density at radius 3 is 2.50 bits per heavy atom. The number of carbonyl (C=O) groups is 2. The summed E-state index contributed by atoms with van der Waals surface area (Å²) < 4.78 is 47.4. The van der Waals surface area contributed by atoms with Crippen LogP contribution in [0.15, 0.2) is 18.2 Å². The number of ether oxygens (including phenoxy) is 2. The number of alkyl halides is 3. The quantitative estimate of drug-likeness (QED) is 0.911. The lowest BCUT2D eigenvalue weighted by atomic mass is 10.2. The molecule has 9 heteroatoms. The van der Waals surface area contributed by atoms with Gasteiger partial charge in [-0.3, -0.25) is 14.5 Å². The van der Waals surface area contributed by atoms with Crippen LogP contribution in [0.4, 0.5) is 18.9 Å². The number of benzene rings is 1. The first-order valence-corrected chi connectivity index (χ1v) is 5.29. The van der Waals surface area contributed by atoms with Gasteiger partial charge in [0.2, 0.25) is 6.79 Å². The van der Waals surface area contributed by atoms with Gasteiger partial charge in [0.25, 0.3) is 0 Å². The van der Waals surface area contributed by atoms with E-state index in [1.54, 1.807) is 0 Å². The maximum Gasteiger partial charge on any atom is 0.471 e. The number of carboxylic acid groups (broad SMARTS) is 1. The van der Waals surface area contributed by atoms with Crippen molar-refractivity contribution in [3.05, 3.63) is 18.2 Å². The fourth-order valence-electron chi connectivity index (χ4n) is 1.62. The summed E-state index contributed by atoms with van der Waals surface area (Å²) in [6.45, 7) is -1.21. The van der Waals surface area contributed by atoms with E-state index in [0.29, 0.717) is 5.75 Å². The minimum Gasteiger partial charge on any atom is -0.480 e. The molecule has 0 unspecified atom stereocenters. The van der Waals surface area contributed by atoms with Gasteiger partial charge in [0.1, 0.15) is 6.54 Å². The van der Waals surface area contributed by atoms with E-state index >= 15 is 0 Å². The number of hydrogen-bond donors (Lipinski definition) is 1. The standard InChI is InChI=1S/C11H8F3NO5/c12-11(13,14)10(18)15(4-9(16)17)6-1-2-7-8(3-6)20-5-19-7/h1-3H,4-5H2,(H,16,17). The minimum absolute atomic E-state index is 0.0923. The third-order valence-corrected chi connectivity index (χ3v) is 2.45. The summed E-state index contributed by atoms with van der Waals surface area (Å²) in [6, 6.07) is 3.57. The second-order valence-electron chi connectivity index (χ2n) is 3.82. The number of rotatable bonds is 3. The fourth-order valence-corrected chi connectivity index (χ4v) is 1.62. The highest BCUT2D eigenvalue weighted by atomic mass is 19.4. The molecule has 1 N–H and O–H groups in total. The van der Waals surface area contributed by atoms with E-state index in [9.17, 15) is 22.8 Å². The zero-order valence-electron chi connectivity index (χ0n) is 9.81. The topological polar surface area (TPSA) is 76.1 Å². The van der Waals surface area contributed by atoms with E-state index < -0.39 is 24.6 Å². The van der Waals surface area contributed by atoms with Gasteiger partial charge in [0.05, 0.1) is 0 Å². The monoisotopic (exact) mass is 291 g/mol. The number of amides is 1. The Morgan fingerprint density at radius 2 is 1.90 bits per heavy atom. The third-order valence-electron chi connectivity index (χ3n) is 2.45. The van der Waals surface area contributed by atoms with Gasteiger partial charge in [0.15, 0.2) is 11.5 Å². The molecule has 0 saturated heterocycles. The Bertz CT molecular complexity index is 557. The van der Waals surface area contributed by atoms with E-state index in [4.69, 9.17) is 14.6 Å². The highest BCUT2D eigenvalue weighted by Gasteiger charge is 2.43. The Hall–Kier alpha value is -2.45. The smallest absolute Gasteiger partial charge is 0.471 e. The van der Waals surface area contributed by atoms with Gasteiger partial charge < -0.3 is 14.6 Å². The summed E-state index contributed by atoms with van der Waals surface area (Å²) >= 11 is 0. The molecule has 1 aliphatic heterocycles. The Morgan fingerprint density at radius 1 is 1.25 bits per heavy atom. The number of carboxylic acids is 1. The van der Waals surface area contributed by atoms with Crippen molar-refractivity contribution >= 4 is 17.6 Å². The first kappa shape index (κ1) is 14.0. The van der Waals surface area contributed by atoms with Crippen molar-refractivity contribution in [2.24, 2.45) is 0 Å². The van der Waals surface area contributed by atoms with Crippen LogP contribution in [-0.4, -0.2) is 36.5 Å². The number of carbonyl (C=O) groups excluding carboxylic acids is 1. The molecule has 0 radical (unpaired) electrons. The first-order chi connectivity index (χ1) is 9.29. The lowest BCUT2D eigenvalue weighted by Gasteiger charge is -2.22. The summed E-state index contributed by atoms with van der Waals surface area (Å²) in [5.41, 5.74) is -0.237. The maximum absolute atomic E-state index is 12.5. The lowest BCUT2D eigenvalue weighted by molar-refractivity contribution is -0.170. The van der Waals surface area contributed by atoms with Crippen LogP contribution < -0.4 is 14.4 Å². The van der Waals surface area contributed by atoms with Crippen molar-refractivity contribution in [1.29, 1.82) is 0 Å². The van der Waals surface area contributed by atoms with Crippen LogP contribution in [0.25, 0.3) is 0 Å². The number of nitrogens with zero attached hydrogens (tertiary/aromatic N) is 1. The van der Waals surface area contributed by atoms with Crippen molar-refractivity contribution in [3.63, 3.8) is 0 Å². The molecular formula is C11H8F3NO5. The molecule has 0 fully saturated rings. The van der Waals surface area contributed by atoms with Crippen LogP contribution in [0.2, 0.25) is 0 Å². The van der Waals surface area contributed by atoms with Gasteiger partial charge in [-0.25, -0.2) is 0 Å². The van der Waals surface area contributed by atoms with Crippen molar-refractivity contribution in [1.82, 2.24) is 0 Å². The average molecular weight is 291 g/mol. The maximum atomic E-state index is 12.5. The molecule has 0 spiro atoms. The minimum atomic E-state index is -5.17. The normalized spacial score (nSPS) is 13.2.